The van der Waals surface area contributed by atoms with E-state index in [1.807, 2.05) is 19.1 Å². The molecular formula is C27H20F3N3O6S. The van der Waals surface area contributed by atoms with Crippen LogP contribution in [-0.2, 0) is 22.2 Å². The molecule has 3 amide bonds. The average molecular weight is 572 g/mol. The van der Waals surface area contributed by atoms with Gasteiger partial charge in [0.05, 0.1) is 15.4 Å². The van der Waals surface area contributed by atoms with Crippen LogP contribution in [0, 0.1) is 10.1 Å². The highest BCUT2D eigenvalue weighted by Crippen LogP contribution is 2.38. The van der Waals surface area contributed by atoms with Gasteiger partial charge in [-0.15, -0.1) is 0 Å². The molecule has 1 N–H and O–H groups in total. The number of carbonyl (C=O) groups excluding carboxylic acids is 3. The van der Waals surface area contributed by atoms with Gasteiger partial charge in [-0.2, -0.15) is 13.2 Å². The summed E-state index contributed by atoms with van der Waals surface area (Å²) in [6.45, 7) is 1.51. The van der Waals surface area contributed by atoms with Crippen LogP contribution in [0.25, 0.3) is 6.08 Å². The average Bonchev–Trinajstić information content (AvgIpc) is 3.16. The standard InChI is InChI=1S/C27H20F3N3O6S/c1-2-16-6-9-19(10-7-16)31-24(34)15-32-25(35)23(40-26(32)36)13-17-4-3-5-20(12-17)39-22-11-8-18(27(28,29)30)14-21(22)33(37)38/h3-14H,2,15H2,1H3,(H,31,34)/b23-13+. The monoisotopic (exact) mass is 571 g/mol. The third-order valence-corrected chi connectivity index (χ3v) is 6.60. The smallest absolute Gasteiger partial charge is 0.416 e. The molecule has 1 heterocycles. The van der Waals surface area contributed by atoms with E-state index in [9.17, 15) is 37.7 Å². The zero-order valence-electron chi connectivity index (χ0n) is 20.7. The van der Waals surface area contributed by atoms with E-state index in [-0.39, 0.29) is 10.7 Å². The molecule has 0 saturated carbocycles. The number of thioether (sulfide) groups is 1. The van der Waals surface area contributed by atoms with E-state index in [0.717, 1.165) is 23.0 Å². The van der Waals surface area contributed by atoms with Gasteiger partial charge in [-0.05, 0) is 71.8 Å². The van der Waals surface area contributed by atoms with E-state index < -0.39 is 51.7 Å². The lowest BCUT2D eigenvalue weighted by atomic mass is 10.1. The number of hydrogen-bond acceptors (Lipinski definition) is 7. The molecular weight excluding hydrogens is 551 g/mol. The number of rotatable bonds is 8. The number of alkyl halides is 3. The Morgan fingerprint density at radius 1 is 1.10 bits per heavy atom. The van der Waals surface area contributed by atoms with Crippen LogP contribution in [0.5, 0.6) is 11.5 Å². The predicted molar refractivity (Wildman–Crippen MR) is 142 cm³/mol. The Morgan fingerprint density at radius 3 is 2.48 bits per heavy atom. The minimum Gasteiger partial charge on any atom is -0.450 e. The van der Waals surface area contributed by atoms with Gasteiger partial charge in [-0.3, -0.25) is 29.4 Å². The lowest BCUT2D eigenvalue weighted by Crippen LogP contribution is -2.36. The van der Waals surface area contributed by atoms with Crippen LogP contribution in [-0.4, -0.2) is 33.4 Å². The van der Waals surface area contributed by atoms with Crippen LogP contribution >= 0.6 is 11.8 Å². The fourth-order valence-electron chi connectivity index (χ4n) is 3.67. The molecule has 3 aromatic carbocycles. The van der Waals surface area contributed by atoms with Crippen molar-refractivity contribution in [3.8, 4) is 11.5 Å². The molecule has 1 aliphatic heterocycles. The molecule has 9 nitrogen and oxygen atoms in total. The highest BCUT2D eigenvalue weighted by Gasteiger charge is 2.36. The Labute approximate surface area is 229 Å². The summed E-state index contributed by atoms with van der Waals surface area (Å²) in [5.74, 6) is -1.60. The van der Waals surface area contributed by atoms with Gasteiger partial charge in [-0.25, -0.2) is 0 Å². The van der Waals surface area contributed by atoms with Crippen molar-refractivity contribution in [2.24, 2.45) is 0 Å². The van der Waals surface area contributed by atoms with Gasteiger partial charge >= 0.3 is 11.9 Å². The normalized spacial score (nSPS) is 14.5. The van der Waals surface area contributed by atoms with E-state index in [1.165, 1.54) is 24.3 Å². The SMILES string of the molecule is CCc1ccc(NC(=O)CN2C(=O)S/C(=C/c3cccc(Oc4ccc(C(F)(F)F)cc4[N+](=O)[O-])c3)C2=O)cc1. The van der Waals surface area contributed by atoms with E-state index in [4.69, 9.17) is 4.74 Å². The Balaban J connectivity index is 1.47. The first-order chi connectivity index (χ1) is 18.9. The zero-order valence-corrected chi connectivity index (χ0v) is 21.5. The van der Waals surface area contributed by atoms with Gasteiger partial charge < -0.3 is 10.1 Å². The number of carbonyl (C=O) groups is 3. The van der Waals surface area contributed by atoms with Crippen molar-refractivity contribution in [2.45, 2.75) is 19.5 Å². The quantitative estimate of drug-likeness (QED) is 0.183. The van der Waals surface area contributed by atoms with Crippen molar-refractivity contribution in [3.05, 3.63) is 98.4 Å². The van der Waals surface area contributed by atoms with E-state index >= 15 is 0 Å². The largest absolute Gasteiger partial charge is 0.450 e. The Bertz CT molecular complexity index is 1520. The number of hydrogen-bond donors (Lipinski definition) is 1. The molecule has 4 rings (SSSR count). The second-order valence-corrected chi connectivity index (χ2v) is 9.47. The summed E-state index contributed by atoms with van der Waals surface area (Å²) in [6, 6.07) is 14.9. The number of anilines is 1. The summed E-state index contributed by atoms with van der Waals surface area (Å²) >= 11 is 0.632. The van der Waals surface area contributed by atoms with Gasteiger partial charge in [0.25, 0.3) is 11.1 Å². The van der Waals surface area contributed by atoms with Crippen LogP contribution < -0.4 is 10.1 Å². The molecule has 1 saturated heterocycles. The molecule has 0 bridgehead atoms. The number of aryl methyl sites for hydroxylation is 1. The lowest BCUT2D eigenvalue weighted by Gasteiger charge is -2.12. The number of imide groups is 1. The first-order valence-electron chi connectivity index (χ1n) is 11.7. The van der Waals surface area contributed by atoms with Crippen LogP contribution in [0.2, 0.25) is 0 Å². The molecule has 13 heteroatoms. The molecule has 40 heavy (non-hydrogen) atoms. The van der Waals surface area contributed by atoms with Gasteiger partial charge in [0, 0.05) is 11.8 Å². The summed E-state index contributed by atoms with van der Waals surface area (Å²) in [5.41, 5.74) is -0.0889. The van der Waals surface area contributed by atoms with Crippen LogP contribution in [0.1, 0.15) is 23.6 Å². The highest BCUT2D eigenvalue weighted by atomic mass is 32.2. The van der Waals surface area contributed by atoms with E-state index in [1.54, 1.807) is 18.2 Å². The van der Waals surface area contributed by atoms with Crippen LogP contribution in [0.4, 0.5) is 29.3 Å². The summed E-state index contributed by atoms with van der Waals surface area (Å²) in [4.78, 5) is 48.9. The van der Waals surface area contributed by atoms with Crippen LogP contribution in [0.3, 0.4) is 0 Å². The third-order valence-electron chi connectivity index (χ3n) is 5.69. The molecule has 0 spiro atoms. The fourth-order valence-corrected chi connectivity index (χ4v) is 4.51. The number of halogens is 3. The highest BCUT2D eigenvalue weighted by molar-refractivity contribution is 8.18. The first-order valence-corrected chi connectivity index (χ1v) is 12.5. The topological polar surface area (TPSA) is 119 Å². The van der Waals surface area contributed by atoms with Crippen LogP contribution in [0.15, 0.2) is 71.6 Å². The number of nitro benzene ring substituents is 1. The van der Waals surface area contributed by atoms with Gasteiger partial charge in [-0.1, -0.05) is 31.2 Å². The summed E-state index contributed by atoms with van der Waals surface area (Å²) in [6.07, 6.45) is -2.56. The van der Waals surface area contributed by atoms with E-state index in [2.05, 4.69) is 5.32 Å². The van der Waals surface area contributed by atoms with Crippen molar-refractivity contribution in [1.29, 1.82) is 0 Å². The number of nitrogens with zero attached hydrogens (tertiary/aromatic N) is 2. The van der Waals surface area contributed by atoms with Gasteiger partial charge in [0.15, 0.2) is 0 Å². The Hall–Kier alpha value is -4.65. The molecule has 0 aliphatic carbocycles. The molecule has 0 unspecified atom stereocenters. The van der Waals surface area contributed by atoms with E-state index in [0.29, 0.717) is 35.1 Å². The molecule has 0 atom stereocenters. The van der Waals surface area contributed by atoms with Crippen molar-refractivity contribution in [3.63, 3.8) is 0 Å². The van der Waals surface area contributed by atoms with Gasteiger partial charge in [0.1, 0.15) is 12.3 Å². The molecule has 0 aromatic heterocycles. The summed E-state index contributed by atoms with van der Waals surface area (Å²) in [5, 5.41) is 13.3. The second kappa shape index (κ2) is 11.6. The fraction of sp³-hybridized carbons (Fsp3) is 0.148. The first kappa shape index (κ1) is 28.4. The number of ether oxygens (including phenoxy) is 1. The predicted octanol–water partition coefficient (Wildman–Crippen LogP) is 6.64. The minimum absolute atomic E-state index is 0.0303. The maximum Gasteiger partial charge on any atom is 0.416 e. The number of nitro groups is 1. The van der Waals surface area contributed by atoms with Crippen molar-refractivity contribution < 1.29 is 37.2 Å². The number of benzene rings is 3. The molecule has 1 fully saturated rings. The molecule has 0 radical (unpaired) electrons. The lowest BCUT2D eigenvalue weighted by molar-refractivity contribution is -0.385. The summed E-state index contributed by atoms with van der Waals surface area (Å²) < 4.78 is 44.4. The van der Waals surface area contributed by atoms with Gasteiger partial charge in [0.2, 0.25) is 11.7 Å². The molecule has 206 valence electrons. The van der Waals surface area contributed by atoms with Crippen molar-refractivity contribution in [2.75, 3.05) is 11.9 Å². The third kappa shape index (κ3) is 6.67. The number of nitrogens with one attached hydrogen (secondary N) is 1. The zero-order chi connectivity index (χ0) is 29.0. The van der Waals surface area contributed by atoms with Crippen molar-refractivity contribution in [1.82, 2.24) is 4.90 Å². The number of amides is 3. The van der Waals surface area contributed by atoms with Crippen molar-refractivity contribution >= 4 is 46.3 Å². The second-order valence-electron chi connectivity index (χ2n) is 8.48. The maximum absolute atomic E-state index is 13.0. The Kier molecular flexibility index (Phi) is 8.24. The maximum atomic E-state index is 13.0. The molecule has 3 aromatic rings. The minimum atomic E-state index is -4.77. The molecule has 1 aliphatic rings. The summed E-state index contributed by atoms with van der Waals surface area (Å²) in [7, 11) is 0. The Morgan fingerprint density at radius 2 is 1.82 bits per heavy atom.